The second-order valence-electron chi connectivity index (χ2n) is 5.77. The topological polar surface area (TPSA) is 67.0 Å². The predicted octanol–water partition coefficient (Wildman–Crippen LogP) is 3.43. The van der Waals surface area contributed by atoms with Crippen LogP contribution in [-0.4, -0.2) is 21.7 Å². The van der Waals surface area contributed by atoms with Crippen molar-refractivity contribution in [2.75, 3.05) is 0 Å². The second kappa shape index (κ2) is 5.31. The van der Waals surface area contributed by atoms with E-state index in [1.807, 2.05) is 0 Å². The number of ether oxygens (including phenoxy) is 1. The van der Waals surface area contributed by atoms with Crippen molar-refractivity contribution in [3.05, 3.63) is 29.6 Å². The van der Waals surface area contributed by atoms with Crippen LogP contribution in [0, 0.1) is 11.6 Å². The maximum atomic E-state index is 13.1. The Balaban J connectivity index is 2.16. The molecule has 0 radical (unpaired) electrons. The van der Waals surface area contributed by atoms with E-state index in [1.54, 1.807) is 27.7 Å². The van der Waals surface area contributed by atoms with Crippen LogP contribution < -0.4 is 5.32 Å². The molecule has 1 unspecified atom stereocenters. The van der Waals surface area contributed by atoms with E-state index in [1.165, 1.54) is 0 Å². The summed E-state index contributed by atoms with van der Waals surface area (Å²) in [6.07, 6.45) is -0.590. The van der Waals surface area contributed by atoms with Crippen LogP contribution in [0.5, 0.6) is 0 Å². The van der Waals surface area contributed by atoms with Gasteiger partial charge in [-0.1, -0.05) is 0 Å². The molecule has 2 N–H and O–H groups in total. The van der Waals surface area contributed by atoms with Crippen LogP contribution in [-0.2, 0) is 4.74 Å². The number of aromatic amines is 1. The SMILES string of the molecule is CC(NC(=O)OC(C)(C)C)c1nc2cc(F)c(F)cc2[nH]1. The second-order valence-corrected chi connectivity index (χ2v) is 5.77. The number of amides is 1. The summed E-state index contributed by atoms with van der Waals surface area (Å²) >= 11 is 0. The minimum atomic E-state index is -0.965. The molecule has 0 spiro atoms. The van der Waals surface area contributed by atoms with Crippen LogP contribution in [0.2, 0.25) is 0 Å². The summed E-state index contributed by atoms with van der Waals surface area (Å²) in [5.74, 6) is -1.53. The Morgan fingerprint density at radius 3 is 2.57 bits per heavy atom. The van der Waals surface area contributed by atoms with Gasteiger partial charge in [-0.3, -0.25) is 0 Å². The van der Waals surface area contributed by atoms with Gasteiger partial charge in [0.25, 0.3) is 0 Å². The number of carbonyl (C=O) groups excluding carboxylic acids is 1. The lowest BCUT2D eigenvalue weighted by Gasteiger charge is -2.21. The number of nitrogens with zero attached hydrogens (tertiary/aromatic N) is 1. The third-order valence-corrected chi connectivity index (χ3v) is 2.69. The molecule has 0 aliphatic heterocycles. The van der Waals surface area contributed by atoms with Gasteiger partial charge in [0, 0.05) is 12.1 Å². The molecule has 2 aromatic rings. The van der Waals surface area contributed by atoms with Crippen molar-refractivity contribution in [2.45, 2.75) is 39.3 Å². The molecule has 1 amide bonds. The van der Waals surface area contributed by atoms with Crippen molar-refractivity contribution in [3.63, 3.8) is 0 Å². The molecule has 5 nitrogen and oxygen atoms in total. The lowest BCUT2D eigenvalue weighted by Crippen LogP contribution is -2.34. The largest absolute Gasteiger partial charge is 0.444 e. The number of carbonyl (C=O) groups is 1. The standard InChI is InChI=1S/C14H17F2N3O2/c1-7(17-13(20)21-14(2,3)4)12-18-10-5-8(15)9(16)6-11(10)19-12/h5-7H,1-4H3,(H,17,20)(H,18,19). The molecular weight excluding hydrogens is 280 g/mol. The molecule has 7 heteroatoms. The zero-order valence-electron chi connectivity index (χ0n) is 12.3. The fourth-order valence-corrected chi connectivity index (χ4v) is 1.78. The molecule has 1 heterocycles. The first-order valence-electron chi connectivity index (χ1n) is 6.50. The maximum absolute atomic E-state index is 13.1. The minimum absolute atomic E-state index is 0.293. The van der Waals surface area contributed by atoms with E-state index in [0.717, 1.165) is 12.1 Å². The Hall–Kier alpha value is -2.18. The van der Waals surface area contributed by atoms with E-state index >= 15 is 0 Å². The molecule has 0 bridgehead atoms. The highest BCUT2D eigenvalue weighted by Crippen LogP contribution is 2.19. The maximum Gasteiger partial charge on any atom is 0.408 e. The van der Waals surface area contributed by atoms with E-state index < -0.39 is 29.4 Å². The molecule has 0 saturated heterocycles. The number of fused-ring (bicyclic) bond motifs is 1. The molecule has 21 heavy (non-hydrogen) atoms. The first-order valence-corrected chi connectivity index (χ1v) is 6.50. The monoisotopic (exact) mass is 297 g/mol. The normalized spacial score (nSPS) is 13.2. The zero-order chi connectivity index (χ0) is 15.8. The van der Waals surface area contributed by atoms with Gasteiger partial charge in [0.2, 0.25) is 0 Å². The molecule has 0 aliphatic rings. The van der Waals surface area contributed by atoms with Crippen LogP contribution in [0.15, 0.2) is 12.1 Å². The summed E-state index contributed by atoms with van der Waals surface area (Å²) in [6.45, 7) is 6.95. The highest BCUT2D eigenvalue weighted by molar-refractivity contribution is 5.75. The van der Waals surface area contributed by atoms with Gasteiger partial charge >= 0.3 is 6.09 Å². The van der Waals surface area contributed by atoms with Crippen molar-refractivity contribution in [1.29, 1.82) is 0 Å². The molecule has 1 aromatic carbocycles. The van der Waals surface area contributed by atoms with E-state index in [4.69, 9.17) is 4.74 Å². The first-order chi connectivity index (χ1) is 9.65. The number of hydrogen-bond donors (Lipinski definition) is 2. The van der Waals surface area contributed by atoms with Crippen molar-refractivity contribution in [1.82, 2.24) is 15.3 Å². The third-order valence-electron chi connectivity index (χ3n) is 2.69. The summed E-state index contributed by atoms with van der Waals surface area (Å²) in [5, 5.41) is 2.60. The number of halogens is 2. The number of benzene rings is 1. The van der Waals surface area contributed by atoms with Gasteiger partial charge in [0.15, 0.2) is 11.6 Å². The van der Waals surface area contributed by atoms with Crippen LogP contribution in [0.1, 0.15) is 39.6 Å². The summed E-state index contributed by atoms with van der Waals surface area (Å²) in [5.41, 5.74) is 0.0488. The molecule has 0 fully saturated rings. The number of nitrogens with one attached hydrogen (secondary N) is 2. The average molecular weight is 297 g/mol. The highest BCUT2D eigenvalue weighted by Gasteiger charge is 2.20. The van der Waals surface area contributed by atoms with Gasteiger partial charge in [-0.15, -0.1) is 0 Å². The van der Waals surface area contributed by atoms with E-state index in [0.29, 0.717) is 16.9 Å². The van der Waals surface area contributed by atoms with Crippen LogP contribution >= 0.6 is 0 Å². The van der Waals surface area contributed by atoms with E-state index in [9.17, 15) is 13.6 Å². The number of aromatic nitrogens is 2. The number of imidazole rings is 1. The Kier molecular flexibility index (Phi) is 3.85. The average Bonchev–Trinajstić information content (AvgIpc) is 2.70. The lowest BCUT2D eigenvalue weighted by molar-refractivity contribution is 0.0506. The molecule has 2 rings (SSSR count). The van der Waals surface area contributed by atoms with Crippen LogP contribution in [0.4, 0.5) is 13.6 Å². The molecule has 114 valence electrons. The van der Waals surface area contributed by atoms with Gasteiger partial charge in [-0.05, 0) is 27.7 Å². The Morgan fingerprint density at radius 2 is 1.95 bits per heavy atom. The number of rotatable bonds is 2. The van der Waals surface area contributed by atoms with Gasteiger partial charge < -0.3 is 15.0 Å². The molecule has 0 saturated carbocycles. The summed E-state index contributed by atoms with van der Waals surface area (Å²) < 4.78 is 31.4. The van der Waals surface area contributed by atoms with E-state index in [-0.39, 0.29) is 0 Å². The number of alkyl carbamates (subject to hydrolysis) is 1. The lowest BCUT2D eigenvalue weighted by atomic mass is 10.2. The minimum Gasteiger partial charge on any atom is -0.444 e. The van der Waals surface area contributed by atoms with Crippen LogP contribution in [0.3, 0.4) is 0 Å². The van der Waals surface area contributed by atoms with Gasteiger partial charge in [-0.2, -0.15) is 0 Å². The summed E-state index contributed by atoms with van der Waals surface area (Å²) in [6, 6.07) is 1.55. The van der Waals surface area contributed by atoms with Crippen molar-refractivity contribution in [2.24, 2.45) is 0 Å². The Morgan fingerprint density at radius 1 is 1.33 bits per heavy atom. The van der Waals surface area contributed by atoms with Gasteiger partial charge in [0.05, 0.1) is 17.1 Å². The van der Waals surface area contributed by atoms with Crippen molar-refractivity contribution < 1.29 is 18.3 Å². The fraction of sp³-hybridized carbons (Fsp3) is 0.429. The van der Waals surface area contributed by atoms with Crippen molar-refractivity contribution in [3.8, 4) is 0 Å². The van der Waals surface area contributed by atoms with Crippen LogP contribution in [0.25, 0.3) is 11.0 Å². The molecular formula is C14H17F2N3O2. The smallest absolute Gasteiger partial charge is 0.408 e. The number of hydrogen-bond acceptors (Lipinski definition) is 3. The first kappa shape index (κ1) is 15.2. The molecule has 1 atom stereocenters. The predicted molar refractivity (Wildman–Crippen MR) is 73.8 cm³/mol. The summed E-state index contributed by atoms with van der Waals surface area (Å²) in [4.78, 5) is 18.6. The zero-order valence-corrected chi connectivity index (χ0v) is 12.3. The van der Waals surface area contributed by atoms with Gasteiger partial charge in [-0.25, -0.2) is 18.6 Å². The molecule has 0 aliphatic carbocycles. The number of H-pyrrole nitrogens is 1. The molecule has 1 aromatic heterocycles. The Bertz CT molecular complexity index is 638. The van der Waals surface area contributed by atoms with Gasteiger partial charge in [0.1, 0.15) is 11.4 Å². The third kappa shape index (κ3) is 3.68. The quantitative estimate of drug-likeness (QED) is 0.892. The summed E-state index contributed by atoms with van der Waals surface area (Å²) in [7, 11) is 0. The highest BCUT2D eigenvalue weighted by atomic mass is 19.2. The Labute approximate surface area is 120 Å². The van der Waals surface area contributed by atoms with E-state index in [2.05, 4.69) is 15.3 Å². The fourth-order valence-electron chi connectivity index (χ4n) is 1.78. The van der Waals surface area contributed by atoms with Crippen molar-refractivity contribution >= 4 is 17.1 Å².